The second-order valence-electron chi connectivity index (χ2n) is 7.24. The topological polar surface area (TPSA) is 0 Å². The number of halogens is 3. The van der Waals surface area contributed by atoms with E-state index in [1.54, 1.807) is 0 Å². The number of quaternary nitrogens is 1. The molecule has 0 atom stereocenters. The fourth-order valence-electron chi connectivity index (χ4n) is 3.33. The third-order valence-electron chi connectivity index (χ3n) is 5.54. The molecule has 0 radical (unpaired) electrons. The molecule has 4 heteroatoms. The van der Waals surface area contributed by atoms with E-state index in [9.17, 15) is 13.2 Å². The van der Waals surface area contributed by atoms with Crippen molar-refractivity contribution in [3.8, 4) is 0 Å². The Morgan fingerprint density at radius 3 is 2.15 bits per heavy atom. The first-order valence-electron chi connectivity index (χ1n) is 10.0. The van der Waals surface area contributed by atoms with Gasteiger partial charge >= 0.3 is 0 Å². The van der Waals surface area contributed by atoms with E-state index in [0.29, 0.717) is 0 Å². The van der Waals surface area contributed by atoms with Gasteiger partial charge in [-0.2, -0.15) is 0 Å². The molecular formula is C22H35F3N+. The summed E-state index contributed by atoms with van der Waals surface area (Å²) in [5.41, 5.74) is -0.182. The number of unbranched alkanes of at least 4 members (excludes halogenated alkanes) is 4. The van der Waals surface area contributed by atoms with E-state index in [1.807, 2.05) is 12.2 Å². The summed E-state index contributed by atoms with van der Waals surface area (Å²) < 4.78 is 42.2. The van der Waals surface area contributed by atoms with Crippen LogP contribution in [-0.2, 0) is 6.42 Å². The summed E-state index contributed by atoms with van der Waals surface area (Å²) in [5.74, 6) is -2.70. The highest BCUT2D eigenvalue weighted by molar-refractivity contribution is 5.28. The maximum absolute atomic E-state index is 13.9. The van der Waals surface area contributed by atoms with Gasteiger partial charge < -0.3 is 4.48 Å². The van der Waals surface area contributed by atoms with Crippen molar-refractivity contribution in [2.75, 3.05) is 26.2 Å². The normalized spacial score (nSPS) is 12.3. The average molecular weight is 371 g/mol. The molecule has 0 bridgehead atoms. The van der Waals surface area contributed by atoms with Crippen LogP contribution in [0.3, 0.4) is 0 Å². The van der Waals surface area contributed by atoms with Gasteiger partial charge in [-0.15, -0.1) is 0 Å². The highest BCUT2D eigenvalue weighted by atomic mass is 19.2. The maximum Gasteiger partial charge on any atom is 0.164 e. The summed E-state index contributed by atoms with van der Waals surface area (Å²) in [4.78, 5) is 0. The summed E-state index contributed by atoms with van der Waals surface area (Å²) in [6.45, 7) is 12.0. The van der Waals surface area contributed by atoms with Crippen molar-refractivity contribution in [3.63, 3.8) is 0 Å². The van der Waals surface area contributed by atoms with Crippen LogP contribution in [0.2, 0.25) is 0 Å². The highest BCUT2D eigenvalue weighted by Gasteiger charge is 2.21. The van der Waals surface area contributed by atoms with Crippen LogP contribution in [0.4, 0.5) is 13.2 Å². The van der Waals surface area contributed by atoms with Crippen LogP contribution in [0.1, 0.15) is 64.0 Å². The second-order valence-corrected chi connectivity index (χ2v) is 7.24. The van der Waals surface area contributed by atoms with E-state index < -0.39 is 17.5 Å². The van der Waals surface area contributed by atoms with Crippen LogP contribution >= 0.6 is 0 Å². The van der Waals surface area contributed by atoms with E-state index in [1.165, 1.54) is 39.0 Å². The van der Waals surface area contributed by atoms with Crippen molar-refractivity contribution in [1.82, 2.24) is 0 Å². The van der Waals surface area contributed by atoms with Gasteiger partial charge in [-0.3, -0.25) is 0 Å². The molecule has 0 aliphatic heterocycles. The van der Waals surface area contributed by atoms with Crippen LogP contribution in [0.5, 0.6) is 0 Å². The lowest BCUT2D eigenvalue weighted by Crippen LogP contribution is -2.48. The maximum atomic E-state index is 13.9. The zero-order valence-corrected chi connectivity index (χ0v) is 16.9. The molecule has 0 spiro atoms. The smallest absolute Gasteiger partial charge is 0.164 e. The lowest BCUT2D eigenvalue weighted by molar-refractivity contribution is -0.919. The Kier molecular flexibility index (Phi) is 10.0. The van der Waals surface area contributed by atoms with Crippen LogP contribution < -0.4 is 0 Å². The molecule has 0 aliphatic carbocycles. The molecule has 1 rings (SSSR count). The van der Waals surface area contributed by atoms with Gasteiger partial charge in [-0.25, -0.2) is 13.2 Å². The SMILES string of the molecule is CCCCCCC[N+](CC)(CC)CC=CCc1cc(F)c(C)c(F)c1F. The standard InChI is InChI=1S/C22H35F3N/c1-5-8-9-10-12-15-26(6-2,7-3)16-13-11-14-19-17-20(23)18(4)21(24)22(19)25/h11,13,17H,5-10,12,14-16H2,1-4H3/q+1. The quantitative estimate of drug-likeness (QED) is 0.174. The second kappa shape index (κ2) is 11.4. The lowest BCUT2D eigenvalue weighted by atomic mass is 10.1. The molecule has 0 amide bonds. The number of hydrogen-bond donors (Lipinski definition) is 0. The Morgan fingerprint density at radius 1 is 0.885 bits per heavy atom. The number of nitrogens with zero attached hydrogens (tertiary/aromatic N) is 1. The summed E-state index contributed by atoms with van der Waals surface area (Å²) in [6.07, 6.45) is 10.4. The molecule has 148 valence electrons. The van der Waals surface area contributed by atoms with Gasteiger partial charge in [0.25, 0.3) is 0 Å². The van der Waals surface area contributed by atoms with Crippen molar-refractivity contribution >= 4 is 0 Å². The third-order valence-corrected chi connectivity index (χ3v) is 5.54. The lowest BCUT2D eigenvalue weighted by Gasteiger charge is -2.36. The first kappa shape index (κ1) is 22.8. The predicted octanol–water partition coefficient (Wildman–Crippen LogP) is 6.34. The van der Waals surface area contributed by atoms with E-state index in [-0.39, 0.29) is 17.5 Å². The molecule has 0 N–H and O–H groups in total. The van der Waals surface area contributed by atoms with Crippen molar-refractivity contribution in [2.45, 2.75) is 66.2 Å². The Hall–Kier alpha value is -1.29. The van der Waals surface area contributed by atoms with E-state index in [0.717, 1.165) is 36.7 Å². The fraction of sp³-hybridized carbons (Fsp3) is 0.636. The molecular weight excluding hydrogens is 335 g/mol. The fourth-order valence-corrected chi connectivity index (χ4v) is 3.33. The van der Waals surface area contributed by atoms with Gasteiger partial charge in [0.1, 0.15) is 5.82 Å². The first-order chi connectivity index (χ1) is 12.4. The largest absolute Gasteiger partial charge is 0.321 e. The summed E-state index contributed by atoms with van der Waals surface area (Å²) in [7, 11) is 0. The molecule has 0 heterocycles. The Labute approximate surface area is 157 Å². The minimum absolute atomic E-state index is 0.0764. The van der Waals surface area contributed by atoms with E-state index in [2.05, 4.69) is 20.8 Å². The van der Waals surface area contributed by atoms with Crippen molar-refractivity contribution in [3.05, 3.63) is 46.8 Å². The monoisotopic (exact) mass is 370 g/mol. The molecule has 1 aromatic rings. The first-order valence-corrected chi connectivity index (χ1v) is 10.0. The van der Waals surface area contributed by atoms with Crippen LogP contribution in [0.25, 0.3) is 0 Å². The van der Waals surface area contributed by atoms with Crippen molar-refractivity contribution in [1.29, 1.82) is 0 Å². The van der Waals surface area contributed by atoms with Gasteiger partial charge in [-0.1, -0.05) is 32.3 Å². The van der Waals surface area contributed by atoms with Crippen LogP contribution in [0, 0.1) is 24.4 Å². The third kappa shape index (κ3) is 6.46. The van der Waals surface area contributed by atoms with Gasteiger partial charge in [0, 0.05) is 5.56 Å². The number of benzene rings is 1. The van der Waals surface area contributed by atoms with Crippen molar-refractivity contribution < 1.29 is 17.7 Å². The Morgan fingerprint density at radius 2 is 1.54 bits per heavy atom. The minimum atomic E-state index is -1.08. The Balaban J connectivity index is 2.63. The van der Waals surface area contributed by atoms with E-state index >= 15 is 0 Å². The van der Waals surface area contributed by atoms with Gasteiger partial charge in [-0.05, 0) is 57.7 Å². The molecule has 1 aromatic carbocycles. The number of allylic oxidation sites excluding steroid dienone is 1. The molecule has 0 unspecified atom stereocenters. The molecule has 1 nitrogen and oxygen atoms in total. The van der Waals surface area contributed by atoms with E-state index in [4.69, 9.17) is 0 Å². The number of likely N-dealkylation sites (N-methyl/N-ethyl adjacent to an activating group) is 1. The minimum Gasteiger partial charge on any atom is -0.321 e. The molecule has 0 aliphatic rings. The molecule has 0 aromatic heterocycles. The predicted molar refractivity (Wildman–Crippen MR) is 104 cm³/mol. The Bertz CT molecular complexity index is 577. The highest BCUT2D eigenvalue weighted by Crippen LogP contribution is 2.20. The average Bonchev–Trinajstić information content (AvgIpc) is 2.65. The molecule has 0 saturated heterocycles. The summed E-state index contributed by atoms with van der Waals surface area (Å²) in [5, 5.41) is 0. The molecule has 26 heavy (non-hydrogen) atoms. The van der Waals surface area contributed by atoms with Crippen molar-refractivity contribution in [2.24, 2.45) is 0 Å². The molecule has 0 saturated carbocycles. The molecule has 0 fully saturated rings. The zero-order valence-electron chi connectivity index (χ0n) is 16.9. The summed E-state index contributed by atoms with van der Waals surface area (Å²) >= 11 is 0. The van der Waals surface area contributed by atoms with Gasteiger partial charge in [0.2, 0.25) is 0 Å². The van der Waals surface area contributed by atoms with Gasteiger partial charge in [0.05, 0.1) is 26.2 Å². The summed E-state index contributed by atoms with van der Waals surface area (Å²) in [6, 6.07) is 1.10. The number of hydrogen-bond acceptors (Lipinski definition) is 0. The van der Waals surface area contributed by atoms with Crippen LogP contribution in [0.15, 0.2) is 18.2 Å². The van der Waals surface area contributed by atoms with Crippen LogP contribution in [-0.4, -0.2) is 30.7 Å². The number of rotatable bonds is 12. The van der Waals surface area contributed by atoms with Gasteiger partial charge in [0.15, 0.2) is 11.6 Å². The zero-order chi connectivity index (χ0) is 19.6.